The summed E-state index contributed by atoms with van der Waals surface area (Å²) in [6.45, 7) is 4.58. The highest BCUT2D eigenvalue weighted by Crippen LogP contribution is 2.42. The molecular formula is C32H34ClN5O3S2. The number of carbonyl (C=O) groups is 1. The van der Waals surface area contributed by atoms with Crippen molar-refractivity contribution in [1.82, 2.24) is 24.1 Å². The van der Waals surface area contributed by atoms with Crippen molar-refractivity contribution >= 4 is 52.0 Å². The van der Waals surface area contributed by atoms with E-state index in [1.54, 1.807) is 28.1 Å². The molecule has 1 N–H and O–H groups in total. The van der Waals surface area contributed by atoms with Crippen LogP contribution in [-0.2, 0) is 44.8 Å². The second kappa shape index (κ2) is 12.0. The van der Waals surface area contributed by atoms with Crippen LogP contribution in [0.2, 0.25) is 5.02 Å². The number of hydrogen-bond donors (Lipinski definition) is 1. The van der Waals surface area contributed by atoms with Crippen molar-refractivity contribution in [2.45, 2.75) is 48.8 Å². The number of fused-ring (bicyclic) bond motifs is 6. The quantitative estimate of drug-likeness (QED) is 0.206. The summed E-state index contributed by atoms with van der Waals surface area (Å²) in [4.78, 5) is 13.8. The number of carboxylic acids is 1. The van der Waals surface area contributed by atoms with E-state index in [1.807, 2.05) is 55.6 Å². The van der Waals surface area contributed by atoms with Crippen molar-refractivity contribution in [3.8, 4) is 16.9 Å². The average Bonchev–Trinajstić information content (AvgIpc) is 3.55. The number of carboxylic acid groups (broad SMARTS) is 1. The van der Waals surface area contributed by atoms with Gasteiger partial charge >= 0.3 is 5.97 Å². The molecular weight excluding hydrogens is 602 g/mol. The molecule has 11 heteroatoms. The van der Waals surface area contributed by atoms with Crippen LogP contribution in [0.15, 0.2) is 41.3 Å². The Hall–Kier alpha value is -3.34. The van der Waals surface area contributed by atoms with Gasteiger partial charge in [0.25, 0.3) is 0 Å². The number of aryl methyl sites for hydroxylation is 5. The zero-order valence-electron chi connectivity index (χ0n) is 24.9. The number of ether oxygens (including phenoxy) is 1. The van der Waals surface area contributed by atoms with Gasteiger partial charge in [0, 0.05) is 71.2 Å². The summed E-state index contributed by atoms with van der Waals surface area (Å²) in [6, 6.07) is 12.3. The highest BCUT2D eigenvalue weighted by Gasteiger charge is 2.27. The van der Waals surface area contributed by atoms with E-state index in [0.717, 1.165) is 78.1 Å². The normalized spacial score (nSPS) is 14.4. The molecule has 0 spiro atoms. The van der Waals surface area contributed by atoms with E-state index in [-0.39, 0.29) is 5.69 Å². The Kier molecular flexibility index (Phi) is 8.28. The van der Waals surface area contributed by atoms with Crippen LogP contribution in [0.3, 0.4) is 0 Å². The summed E-state index contributed by atoms with van der Waals surface area (Å²) in [5, 5.41) is 21.4. The SMILES string of the molecule is Cc1cc2cc(c1)SCc1cc(nn1C)CSCc1nn(C)c(C)c1-c1c(Cl)ccc3c(c(C(=O)O)n(C)c13)CCCO2. The molecule has 3 aromatic heterocycles. The van der Waals surface area contributed by atoms with Crippen LogP contribution in [0.1, 0.15) is 50.8 Å². The molecule has 0 unspecified atom stereocenters. The summed E-state index contributed by atoms with van der Waals surface area (Å²) in [5.74, 6) is 2.07. The van der Waals surface area contributed by atoms with E-state index < -0.39 is 5.97 Å². The molecule has 0 saturated carbocycles. The van der Waals surface area contributed by atoms with E-state index >= 15 is 0 Å². The van der Waals surface area contributed by atoms with Crippen LogP contribution in [0, 0.1) is 13.8 Å². The Labute approximate surface area is 264 Å². The first-order valence-electron chi connectivity index (χ1n) is 14.1. The van der Waals surface area contributed by atoms with Crippen LogP contribution < -0.4 is 4.74 Å². The number of benzene rings is 2. The van der Waals surface area contributed by atoms with Gasteiger partial charge in [0.05, 0.1) is 28.5 Å². The lowest BCUT2D eigenvalue weighted by molar-refractivity contribution is 0.0685. The number of rotatable bonds is 1. The lowest BCUT2D eigenvalue weighted by Crippen LogP contribution is -2.09. The second-order valence-corrected chi connectivity index (χ2v) is 13.4. The van der Waals surface area contributed by atoms with Crippen LogP contribution in [0.4, 0.5) is 0 Å². The number of nitrogens with zero attached hydrogens (tertiary/aromatic N) is 5. The Morgan fingerprint density at radius 1 is 1.00 bits per heavy atom. The number of hydrogen-bond acceptors (Lipinski definition) is 6. The van der Waals surface area contributed by atoms with Gasteiger partial charge in [0.1, 0.15) is 11.4 Å². The molecule has 8 bridgehead atoms. The maximum Gasteiger partial charge on any atom is 0.352 e. The highest BCUT2D eigenvalue weighted by molar-refractivity contribution is 7.98. The fourth-order valence-electron chi connectivity index (χ4n) is 5.97. The third kappa shape index (κ3) is 5.68. The van der Waals surface area contributed by atoms with Gasteiger partial charge in [-0.05, 0) is 68.1 Å². The topological polar surface area (TPSA) is 87.1 Å². The van der Waals surface area contributed by atoms with Gasteiger partial charge in [0.15, 0.2) is 0 Å². The zero-order chi connectivity index (χ0) is 30.4. The molecule has 224 valence electrons. The predicted molar refractivity (Wildman–Crippen MR) is 175 cm³/mol. The Morgan fingerprint density at radius 3 is 2.60 bits per heavy atom. The molecule has 0 saturated heterocycles. The number of aromatic nitrogens is 5. The average molecular weight is 636 g/mol. The lowest BCUT2D eigenvalue weighted by atomic mass is 9.98. The van der Waals surface area contributed by atoms with Gasteiger partial charge in [-0.3, -0.25) is 9.36 Å². The largest absolute Gasteiger partial charge is 0.494 e. The molecule has 5 aromatic rings. The van der Waals surface area contributed by atoms with E-state index in [9.17, 15) is 9.90 Å². The van der Waals surface area contributed by atoms with Crippen molar-refractivity contribution in [2.24, 2.45) is 21.1 Å². The summed E-state index contributed by atoms with van der Waals surface area (Å²) >= 11 is 10.5. The molecule has 1 aliphatic rings. The van der Waals surface area contributed by atoms with E-state index in [0.29, 0.717) is 30.2 Å². The molecule has 0 aliphatic carbocycles. The van der Waals surface area contributed by atoms with Crippen molar-refractivity contribution in [1.29, 1.82) is 0 Å². The number of halogens is 1. The summed E-state index contributed by atoms with van der Waals surface area (Å²) in [6.07, 6.45) is 1.23. The number of thioether (sulfide) groups is 2. The third-order valence-corrected chi connectivity index (χ3v) is 10.3. The second-order valence-electron chi connectivity index (χ2n) is 11.0. The van der Waals surface area contributed by atoms with Gasteiger partial charge < -0.3 is 14.4 Å². The molecule has 43 heavy (non-hydrogen) atoms. The molecule has 0 atom stereocenters. The fraction of sp³-hybridized carbons (Fsp3) is 0.344. The van der Waals surface area contributed by atoms with Gasteiger partial charge in [-0.1, -0.05) is 17.7 Å². The van der Waals surface area contributed by atoms with Crippen LogP contribution in [-0.4, -0.2) is 41.8 Å². The van der Waals surface area contributed by atoms with Crippen LogP contribution in [0.25, 0.3) is 22.0 Å². The maximum atomic E-state index is 12.6. The first-order chi connectivity index (χ1) is 20.6. The Bertz CT molecular complexity index is 1870. The van der Waals surface area contributed by atoms with E-state index in [4.69, 9.17) is 26.5 Å². The van der Waals surface area contributed by atoms with Gasteiger partial charge in [-0.2, -0.15) is 10.2 Å². The van der Waals surface area contributed by atoms with Crippen molar-refractivity contribution in [3.63, 3.8) is 0 Å². The van der Waals surface area contributed by atoms with Crippen molar-refractivity contribution in [2.75, 3.05) is 6.61 Å². The standard InChI is InChI=1S/C32H34ClN5O3S2/c1-18-11-22-14-23(12-18)43-16-21-13-20(34-38(21)5)15-42-17-27-28(19(2)37(4)35-27)29-26(33)9-8-25-24(7-6-10-41-22)31(32(39)40)36(3)30(25)29/h8-9,11-14H,6-7,10,15-17H2,1-5H3,(H,39,40). The summed E-state index contributed by atoms with van der Waals surface area (Å²) in [5.41, 5.74) is 8.87. The molecule has 8 nitrogen and oxygen atoms in total. The maximum absolute atomic E-state index is 12.6. The van der Waals surface area contributed by atoms with Gasteiger partial charge in [-0.15, -0.1) is 23.5 Å². The molecule has 0 radical (unpaired) electrons. The van der Waals surface area contributed by atoms with Gasteiger partial charge in [0.2, 0.25) is 0 Å². The first kappa shape index (κ1) is 29.7. The molecule has 0 fully saturated rings. The summed E-state index contributed by atoms with van der Waals surface area (Å²) in [7, 11) is 5.74. The zero-order valence-corrected chi connectivity index (χ0v) is 27.3. The van der Waals surface area contributed by atoms with Gasteiger partial charge in [-0.25, -0.2) is 4.79 Å². The minimum absolute atomic E-state index is 0.276. The molecule has 6 rings (SSSR count). The molecule has 1 aliphatic heterocycles. The lowest BCUT2D eigenvalue weighted by Gasteiger charge is -2.11. The fourth-order valence-corrected chi connectivity index (χ4v) is 8.12. The van der Waals surface area contributed by atoms with Crippen molar-refractivity contribution in [3.05, 3.63) is 81.0 Å². The highest BCUT2D eigenvalue weighted by atomic mass is 35.5. The van der Waals surface area contributed by atoms with Crippen LogP contribution >= 0.6 is 35.1 Å². The Balaban J connectivity index is 1.48. The first-order valence-corrected chi connectivity index (χ1v) is 16.7. The summed E-state index contributed by atoms with van der Waals surface area (Å²) < 4.78 is 11.8. The molecule has 4 heterocycles. The minimum Gasteiger partial charge on any atom is -0.494 e. The molecule has 2 aromatic carbocycles. The van der Waals surface area contributed by atoms with Crippen LogP contribution in [0.5, 0.6) is 5.75 Å². The minimum atomic E-state index is -0.958. The Morgan fingerprint density at radius 2 is 1.81 bits per heavy atom. The smallest absolute Gasteiger partial charge is 0.352 e. The predicted octanol–water partition coefficient (Wildman–Crippen LogP) is 7.33. The van der Waals surface area contributed by atoms with E-state index in [1.165, 1.54) is 0 Å². The monoisotopic (exact) mass is 635 g/mol. The number of aromatic carboxylic acids is 1. The molecule has 0 amide bonds. The van der Waals surface area contributed by atoms with Crippen molar-refractivity contribution < 1.29 is 14.6 Å². The van der Waals surface area contributed by atoms with E-state index in [2.05, 4.69) is 25.1 Å². The third-order valence-electron chi connectivity index (χ3n) is 8.03.